The number of unbranched alkanes of at least 4 members (excludes halogenated alkanes) is 1. The smallest absolute Gasteiger partial charge is 0.326 e. The molecule has 1 aromatic carbocycles. The molecule has 1 unspecified atom stereocenters. The molecule has 1 aliphatic rings. The maximum Gasteiger partial charge on any atom is 0.326 e. The standard InChI is InChI=1S/C15H20N2O3/c1-2-3-4-13(15(19)20)17-14(18)11-5-6-12-10(9-11)7-8-16-12/h5-6,9,13,16H,2-4,7-8H2,1H3,(H,17,18)(H,19,20). The Morgan fingerprint density at radius 1 is 1.45 bits per heavy atom. The normalized spacial score (nSPS) is 14.2. The zero-order valence-electron chi connectivity index (χ0n) is 11.6. The second kappa shape index (κ2) is 6.41. The van der Waals surface area contributed by atoms with Gasteiger partial charge < -0.3 is 15.7 Å². The van der Waals surface area contributed by atoms with Crippen LogP contribution in [-0.4, -0.2) is 29.6 Å². The highest BCUT2D eigenvalue weighted by atomic mass is 16.4. The summed E-state index contributed by atoms with van der Waals surface area (Å²) in [7, 11) is 0. The molecule has 1 aliphatic heterocycles. The highest BCUT2D eigenvalue weighted by molar-refractivity contribution is 5.97. The number of nitrogens with one attached hydrogen (secondary N) is 2. The first-order chi connectivity index (χ1) is 9.61. The minimum absolute atomic E-state index is 0.316. The van der Waals surface area contributed by atoms with Crippen LogP contribution in [0.2, 0.25) is 0 Å². The summed E-state index contributed by atoms with van der Waals surface area (Å²) >= 11 is 0. The Morgan fingerprint density at radius 3 is 2.95 bits per heavy atom. The van der Waals surface area contributed by atoms with E-state index >= 15 is 0 Å². The van der Waals surface area contributed by atoms with Gasteiger partial charge in [0.1, 0.15) is 6.04 Å². The van der Waals surface area contributed by atoms with Crippen molar-refractivity contribution in [1.82, 2.24) is 5.32 Å². The second-order valence-corrected chi connectivity index (χ2v) is 5.06. The molecule has 0 saturated heterocycles. The summed E-state index contributed by atoms with van der Waals surface area (Å²) in [5.41, 5.74) is 2.69. The van der Waals surface area contributed by atoms with E-state index in [1.165, 1.54) is 0 Å². The van der Waals surface area contributed by atoms with Crippen molar-refractivity contribution in [2.75, 3.05) is 11.9 Å². The van der Waals surface area contributed by atoms with Crippen molar-refractivity contribution in [2.45, 2.75) is 38.6 Å². The molecular formula is C15H20N2O3. The van der Waals surface area contributed by atoms with Crippen LogP contribution >= 0.6 is 0 Å². The zero-order chi connectivity index (χ0) is 14.5. The van der Waals surface area contributed by atoms with Crippen molar-refractivity contribution in [3.05, 3.63) is 29.3 Å². The van der Waals surface area contributed by atoms with E-state index in [4.69, 9.17) is 5.11 Å². The summed E-state index contributed by atoms with van der Waals surface area (Å²) in [6.45, 7) is 2.88. The molecule has 0 aliphatic carbocycles. The highest BCUT2D eigenvalue weighted by Gasteiger charge is 2.21. The van der Waals surface area contributed by atoms with Crippen molar-refractivity contribution in [1.29, 1.82) is 0 Å². The maximum atomic E-state index is 12.1. The van der Waals surface area contributed by atoms with E-state index in [9.17, 15) is 9.59 Å². The molecule has 20 heavy (non-hydrogen) atoms. The van der Waals surface area contributed by atoms with Crippen LogP contribution in [-0.2, 0) is 11.2 Å². The molecular weight excluding hydrogens is 256 g/mol. The Labute approximate surface area is 118 Å². The van der Waals surface area contributed by atoms with Gasteiger partial charge in [0, 0.05) is 17.8 Å². The molecule has 0 bridgehead atoms. The van der Waals surface area contributed by atoms with E-state index in [2.05, 4.69) is 10.6 Å². The minimum atomic E-state index is -0.977. The fraction of sp³-hybridized carbons (Fsp3) is 0.467. The Balaban J connectivity index is 2.04. The van der Waals surface area contributed by atoms with Crippen LogP contribution in [0.3, 0.4) is 0 Å². The van der Waals surface area contributed by atoms with Gasteiger partial charge in [-0.15, -0.1) is 0 Å². The predicted molar refractivity (Wildman–Crippen MR) is 77.1 cm³/mol. The first-order valence-corrected chi connectivity index (χ1v) is 7.02. The average molecular weight is 276 g/mol. The van der Waals surface area contributed by atoms with E-state index in [0.29, 0.717) is 12.0 Å². The summed E-state index contributed by atoms with van der Waals surface area (Å²) in [5, 5.41) is 15.0. The number of carbonyl (C=O) groups is 2. The molecule has 0 aromatic heterocycles. The largest absolute Gasteiger partial charge is 0.480 e. The number of hydrogen-bond acceptors (Lipinski definition) is 3. The summed E-state index contributed by atoms with van der Waals surface area (Å²) in [6.07, 6.45) is 3.05. The summed E-state index contributed by atoms with van der Waals surface area (Å²) in [4.78, 5) is 23.3. The molecule has 5 nitrogen and oxygen atoms in total. The lowest BCUT2D eigenvalue weighted by molar-refractivity contribution is -0.139. The molecule has 3 N–H and O–H groups in total. The molecule has 0 saturated carbocycles. The minimum Gasteiger partial charge on any atom is -0.480 e. The van der Waals surface area contributed by atoms with Crippen molar-refractivity contribution >= 4 is 17.6 Å². The van der Waals surface area contributed by atoms with Crippen LogP contribution in [0, 0.1) is 0 Å². The van der Waals surface area contributed by atoms with Gasteiger partial charge in [-0.3, -0.25) is 4.79 Å². The number of carbonyl (C=O) groups excluding carboxylic acids is 1. The molecule has 1 atom stereocenters. The molecule has 1 amide bonds. The van der Waals surface area contributed by atoms with Gasteiger partial charge in [-0.2, -0.15) is 0 Å². The monoisotopic (exact) mass is 276 g/mol. The lowest BCUT2D eigenvalue weighted by atomic mass is 10.1. The van der Waals surface area contributed by atoms with Gasteiger partial charge in [0.2, 0.25) is 0 Å². The molecule has 108 valence electrons. The first-order valence-electron chi connectivity index (χ1n) is 7.02. The Morgan fingerprint density at radius 2 is 2.25 bits per heavy atom. The quantitative estimate of drug-likeness (QED) is 0.743. The van der Waals surface area contributed by atoms with E-state index in [-0.39, 0.29) is 5.91 Å². The Kier molecular flexibility index (Phi) is 4.61. The van der Waals surface area contributed by atoms with Crippen LogP contribution in [0.5, 0.6) is 0 Å². The van der Waals surface area contributed by atoms with Gasteiger partial charge in [-0.25, -0.2) is 4.79 Å². The predicted octanol–water partition coefficient (Wildman–Crippen LogP) is 2.03. The van der Waals surface area contributed by atoms with Gasteiger partial charge in [0.05, 0.1) is 0 Å². The molecule has 0 spiro atoms. The van der Waals surface area contributed by atoms with Crippen LogP contribution in [0.4, 0.5) is 5.69 Å². The molecule has 2 rings (SSSR count). The second-order valence-electron chi connectivity index (χ2n) is 5.06. The number of anilines is 1. The fourth-order valence-corrected chi connectivity index (χ4v) is 2.35. The topological polar surface area (TPSA) is 78.4 Å². The third-order valence-electron chi connectivity index (χ3n) is 3.53. The Hall–Kier alpha value is -2.04. The summed E-state index contributed by atoms with van der Waals surface area (Å²) in [6, 6.07) is 4.63. The maximum absolute atomic E-state index is 12.1. The van der Waals surface area contributed by atoms with Crippen molar-refractivity contribution in [3.63, 3.8) is 0 Å². The van der Waals surface area contributed by atoms with Gasteiger partial charge in [0.15, 0.2) is 0 Å². The van der Waals surface area contributed by atoms with Crippen LogP contribution in [0.15, 0.2) is 18.2 Å². The highest BCUT2D eigenvalue weighted by Crippen LogP contribution is 2.23. The summed E-state index contributed by atoms with van der Waals surface area (Å²) in [5.74, 6) is -1.29. The van der Waals surface area contributed by atoms with Crippen molar-refractivity contribution in [2.24, 2.45) is 0 Å². The third kappa shape index (κ3) is 3.29. The van der Waals surface area contributed by atoms with E-state index < -0.39 is 12.0 Å². The SMILES string of the molecule is CCCCC(NC(=O)c1ccc2c(c1)CCN2)C(=O)O. The average Bonchev–Trinajstić information content (AvgIpc) is 2.90. The number of aliphatic carboxylic acids is 1. The number of rotatable bonds is 6. The number of benzene rings is 1. The molecule has 0 radical (unpaired) electrons. The zero-order valence-corrected chi connectivity index (χ0v) is 11.6. The van der Waals surface area contributed by atoms with Crippen molar-refractivity contribution in [3.8, 4) is 0 Å². The first kappa shape index (κ1) is 14.4. The molecule has 1 heterocycles. The fourth-order valence-electron chi connectivity index (χ4n) is 2.35. The van der Waals surface area contributed by atoms with Crippen LogP contribution < -0.4 is 10.6 Å². The number of fused-ring (bicyclic) bond motifs is 1. The van der Waals surface area contributed by atoms with Gasteiger partial charge in [0.25, 0.3) is 5.91 Å². The van der Waals surface area contributed by atoms with E-state index in [1.807, 2.05) is 19.1 Å². The lowest BCUT2D eigenvalue weighted by Crippen LogP contribution is -2.40. The van der Waals surface area contributed by atoms with E-state index in [0.717, 1.165) is 37.1 Å². The third-order valence-corrected chi connectivity index (χ3v) is 3.53. The number of amides is 1. The summed E-state index contributed by atoms with van der Waals surface area (Å²) < 4.78 is 0. The Bertz CT molecular complexity index is 514. The lowest BCUT2D eigenvalue weighted by Gasteiger charge is -2.14. The number of carboxylic acid groups (broad SMARTS) is 1. The molecule has 5 heteroatoms. The van der Waals surface area contributed by atoms with Crippen molar-refractivity contribution < 1.29 is 14.7 Å². The van der Waals surface area contributed by atoms with E-state index in [1.54, 1.807) is 6.07 Å². The number of carboxylic acids is 1. The molecule has 0 fully saturated rings. The van der Waals surface area contributed by atoms with Crippen LogP contribution in [0.25, 0.3) is 0 Å². The van der Waals surface area contributed by atoms with Crippen LogP contribution in [0.1, 0.15) is 42.1 Å². The van der Waals surface area contributed by atoms with Gasteiger partial charge in [-0.05, 0) is 36.6 Å². The number of hydrogen-bond donors (Lipinski definition) is 3. The van der Waals surface area contributed by atoms with Gasteiger partial charge in [-0.1, -0.05) is 19.8 Å². The van der Waals surface area contributed by atoms with Gasteiger partial charge >= 0.3 is 5.97 Å². The molecule has 1 aromatic rings.